The number of carbonyl (C=O) groups is 4. The second kappa shape index (κ2) is 11.6. The van der Waals surface area contributed by atoms with E-state index in [4.69, 9.17) is 0 Å². The van der Waals surface area contributed by atoms with Crippen molar-refractivity contribution in [3.8, 4) is 0 Å². The molecule has 0 bridgehead atoms. The number of aryl methyl sites for hydroxylation is 1. The van der Waals surface area contributed by atoms with Gasteiger partial charge in [-0.1, -0.05) is 38.1 Å². The molecule has 3 N–H and O–H groups in total. The number of benzene rings is 1. The Hall–Kier alpha value is -2.94. The Labute approximate surface area is 219 Å². The van der Waals surface area contributed by atoms with Crippen molar-refractivity contribution in [1.82, 2.24) is 25.8 Å². The molecule has 202 valence electrons. The largest absolute Gasteiger partial charge is 0.347 e. The van der Waals surface area contributed by atoms with Crippen LogP contribution in [0.2, 0.25) is 0 Å². The number of nitrogens with zero attached hydrogens (tertiary/aromatic N) is 2. The van der Waals surface area contributed by atoms with Crippen molar-refractivity contribution in [2.45, 2.75) is 89.5 Å². The molecule has 2 heterocycles. The fourth-order valence-corrected chi connectivity index (χ4v) is 5.85. The molecule has 1 unspecified atom stereocenters. The molecule has 1 aliphatic carbocycles. The Morgan fingerprint density at radius 3 is 2.49 bits per heavy atom. The molecule has 2 fully saturated rings. The second-order valence-electron chi connectivity index (χ2n) is 11.1. The van der Waals surface area contributed by atoms with Gasteiger partial charge < -0.3 is 25.8 Å². The van der Waals surface area contributed by atoms with E-state index in [-0.39, 0.29) is 48.2 Å². The Morgan fingerprint density at radius 2 is 1.76 bits per heavy atom. The highest BCUT2D eigenvalue weighted by atomic mass is 16.2. The van der Waals surface area contributed by atoms with Crippen LogP contribution < -0.4 is 16.0 Å². The number of rotatable bonds is 7. The Kier molecular flexibility index (Phi) is 8.52. The molecule has 4 amide bonds. The van der Waals surface area contributed by atoms with Gasteiger partial charge in [0.25, 0.3) is 0 Å². The fourth-order valence-electron chi connectivity index (χ4n) is 5.85. The van der Waals surface area contributed by atoms with Crippen molar-refractivity contribution >= 4 is 23.6 Å². The summed E-state index contributed by atoms with van der Waals surface area (Å²) < 4.78 is 0. The van der Waals surface area contributed by atoms with E-state index in [9.17, 15) is 19.2 Å². The van der Waals surface area contributed by atoms with Crippen LogP contribution in [-0.2, 0) is 25.6 Å². The number of hydrogen-bond acceptors (Lipinski definition) is 5. The molecular formula is C28H41N5O4. The van der Waals surface area contributed by atoms with E-state index < -0.39 is 18.1 Å². The molecule has 0 saturated carbocycles. The number of hydrogen-bond donors (Lipinski definition) is 3. The van der Waals surface area contributed by atoms with Gasteiger partial charge in [0.05, 0.1) is 12.1 Å². The molecule has 1 aromatic rings. The van der Waals surface area contributed by atoms with Gasteiger partial charge in [-0.15, -0.1) is 0 Å². The minimum Gasteiger partial charge on any atom is -0.347 e. The summed E-state index contributed by atoms with van der Waals surface area (Å²) in [5.41, 5.74) is 2.40. The van der Waals surface area contributed by atoms with E-state index in [2.05, 4.69) is 28.1 Å². The first-order chi connectivity index (χ1) is 17.7. The molecule has 1 aromatic carbocycles. The standard InChI is InChI=1S/C28H41N5O4/c1-17(2)15-25(34)32-14-13-20-10-12-24(27(36)30-22-11-9-19-7-5-6-8-21(19)22)33(20)28(37)23(16-32)31-26(35)18(3)29-4/h5-8,17-18,20,22-24,29H,9-16H2,1-4H3,(H,30,36)(H,31,35)/t18-,20+,22?,23-,24-/m0/s1. The van der Waals surface area contributed by atoms with Gasteiger partial charge in [-0.3, -0.25) is 19.2 Å². The van der Waals surface area contributed by atoms with E-state index in [1.165, 1.54) is 5.56 Å². The van der Waals surface area contributed by atoms with E-state index in [1.54, 1.807) is 23.8 Å². The first-order valence-electron chi connectivity index (χ1n) is 13.6. The quantitative estimate of drug-likeness (QED) is 0.514. The topological polar surface area (TPSA) is 111 Å². The van der Waals surface area contributed by atoms with Crippen molar-refractivity contribution in [1.29, 1.82) is 0 Å². The molecular weight excluding hydrogens is 470 g/mol. The maximum absolute atomic E-state index is 13.9. The fraction of sp³-hybridized carbons (Fsp3) is 0.643. The summed E-state index contributed by atoms with van der Waals surface area (Å²) in [6.07, 6.45) is 4.07. The van der Waals surface area contributed by atoms with Crippen LogP contribution in [-0.4, -0.2) is 77.7 Å². The lowest BCUT2D eigenvalue weighted by Gasteiger charge is -2.39. The van der Waals surface area contributed by atoms with Gasteiger partial charge in [-0.25, -0.2) is 0 Å². The zero-order chi connectivity index (χ0) is 26.7. The van der Waals surface area contributed by atoms with Crippen LogP contribution in [0, 0.1) is 5.92 Å². The highest BCUT2D eigenvalue weighted by molar-refractivity contribution is 5.94. The van der Waals surface area contributed by atoms with E-state index >= 15 is 0 Å². The van der Waals surface area contributed by atoms with Crippen molar-refractivity contribution < 1.29 is 19.2 Å². The van der Waals surface area contributed by atoms with Gasteiger partial charge in [0.15, 0.2) is 0 Å². The summed E-state index contributed by atoms with van der Waals surface area (Å²) in [4.78, 5) is 56.6. The van der Waals surface area contributed by atoms with Gasteiger partial charge in [0.2, 0.25) is 23.6 Å². The predicted molar refractivity (Wildman–Crippen MR) is 140 cm³/mol. The van der Waals surface area contributed by atoms with Crippen LogP contribution in [0.3, 0.4) is 0 Å². The molecule has 4 rings (SSSR count). The molecule has 2 saturated heterocycles. The van der Waals surface area contributed by atoms with Gasteiger partial charge in [-0.2, -0.15) is 0 Å². The predicted octanol–water partition coefficient (Wildman–Crippen LogP) is 1.52. The summed E-state index contributed by atoms with van der Waals surface area (Å²) in [7, 11) is 1.68. The molecule has 37 heavy (non-hydrogen) atoms. The first kappa shape index (κ1) is 27.1. The van der Waals surface area contributed by atoms with Crippen molar-refractivity contribution in [2.24, 2.45) is 5.92 Å². The Morgan fingerprint density at radius 1 is 1.00 bits per heavy atom. The van der Waals surface area contributed by atoms with E-state index in [0.29, 0.717) is 32.2 Å². The SMILES string of the molecule is CN[C@@H](C)C(=O)N[C@H]1CN(C(=O)CC(C)C)CC[C@H]2CC[C@@H](C(=O)NC3CCc4ccccc43)N2C1=O. The molecule has 0 spiro atoms. The summed E-state index contributed by atoms with van der Waals surface area (Å²) in [5.74, 6) is -0.545. The van der Waals surface area contributed by atoms with Crippen molar-refractivity contribution in [2.75, 3.05) is 20.1 Å². The maximum Gasteiger partial charge on any atom is 0.247 e. The average molecular weight is 512 g/mol. The zero-order valence-electron chi connectivity index (χ0n) is 22.5. The molecule has 2 aliphatic heterocycles. The van der Waals surface area contributed by atoms with E-state index in [1.807, 2.05) is 26.0 Å². The van der Waals surface area contributed by atoms with E-state index in [0.717, 1.165) is 18.4 Å². The third-order valence-electron chi connectivity index (χ3n) is 8.02. The molecule has 9 heteroatoms. The number of amides is 4. The third-order valence-corrected chi connectivity index (χ3v) is 8.02. The highest BCUT2D eigenvalue weighted by Gasteiger charge is 2.46. The lowest BCUT2D eigenvalue weighted by Crippen LogP contribution is -2.62. The first-order valence-corrected chi connectivity index (χ1v) is 13.6. The van der Waals surface area contributed by atoms with Gasteiger partial charge in [-0.05, 0) is 63.1 Å². The minimum atomic E-state index is -0.900. The number of nitrogens with one attached hydrogen (secondary N) is 3. The van der Waals surface area contributed by atoms with Crippen LogP contribution in [0.1, 0.15) is 70.0 Å². The van der Waals surface area contributed by atoms with Gasteiger partial charge in [0.1, 0.15) is 12.1 Å². The Balaban J connectivity index is 1.53. The zero-order valence-corrected chi connectivity index (χ0v) is 22.5. The summed E-state index contributed by atoms with van der Waals surface area (Å²) >= 11 is 0. The van der Waals surface area contributed by atoms with Gasteiger partial charge in [0, 0.05) is 25.6 Å². The van der Waals surface area contributed by atoms with Crippen LogP contribution >= 0.6 is 0 Å². The molecule has 9 nitrogen and oxygen atoms in total. The van der Waals surface area contributed by atoms with Crippen LogP contribution in [0.4, 0.5) is 0 Å². The lowest BCUT2D eigenvalue weighted by atomic mass is 10.0. The third kappa shape index (κ3) is 5.98. The second-order valence-corrected chi connectivity index (χ2v) is 11.1. The van der Waals surface area contributed by atoms with Crippen LogP contribution in [0.5, 0.6) is 0 Å². The highest BCUT2D eigenvalue weighted by Crippen LogP contribution is 2.33. The summed E-state index contributed by atoms with van der Waals surface area (Å²) in [5, 5.41) is 8.97. The van der Waals surface area contributed by atoms with Gasteiger partial charge >= 0.3 is 0 Å². The summed E-state index contributed by atoms with van der Waals surface area (Å²) in [6, 6.07) is 5.99. The minimum absolute atomic E-state index is 0.00986. The maximum atomic E-state index is 13.9. The monoisotopic (exact) mass is 511 g/mol. The Bertz CT molecular complexity index is 1030. The lowest BCUT2D eigenvalue weighted by molar-refractivity contribution is -0.147. The number of carbonyl (C=O) groups excluding carboxylic acids is 4. The normalized spacial score (nSPS) is 26.2. The molecule has 5 atom stereocenters. The van der Waals surface area contributed by atoms with Crippen LogP contribution in [0.15, 0.2) is 24.3 Å². The number of fused-ring (bicyclic) bond motifs is 2. The van der Waals surface area contributed by atoms with Crippen LogP contribution in [0.25, 0.3) is 0 Å². The average Bonchev–Trinajstić information content (AvgIpc) is 3.47. The van der Waals surface area contributed by atoms with Crippen molar-refractivity contribution in [3.63, 3.8) is 0 Å². The smallest absolute Gasteiger partial charge is 0.247 e. The van der Waals surface area contributed by atoms with Crippen molar-refractivity contribution in [3.05, 3.63) is 35.4 Å². The molecule has 0 radical (unpaired) electrons. The number of likely N-dealkylation sites (N-methyl/N-ethyl adjacent to an activating group) is 1. The molecule has 3 aliphatic rings. The summed E-state index contributed by atoms with van der Waals surface area (Å²) in [6.45, 7) is 6.31. The molecule has 0 aromatic heterocycles.